The number of nitrogens with one attached hydrogen (secondary N) is 2. The molecule has 3 fully saturated rings. The summed E-state index contributed by atoms with van der Waals surface area (Å²) in [5, 5.41) is 3.09. The third-order valence-corrected chi connectivity index (χ3v) is 12.8. The summed E-state index contributed by atoms with van der Waals surface area (Å²) in [6, 6.07) is 9.15. The SMILES string of the molecule is Cc1cc(-c2cc(O[C@@H]3C[C@@H](C(N)=O)N(C(=O)[C@H](CCCCC/C=C\[C@@H]4C[C@@H]4C(=O)NS(=O)(=O)C4CC4)NC(=O)OC(C)(C)C)C3)c3oc4ccccc4c3n2)oc1C. The number of unbranched alkanes of at least 4 members (excludes halogenated alkanes) is 3. The van der Waals surface area contributed by atoms with E-state index < -0.39 is 62.9 Å². The van der Waals surface area contributed by atoms with Gasteiger partial charge in [0.25, 0.3) is 0 Å². The molecule has 4 heterocycles. The maximum absolute atomic E-state index is 14.3. The molecule has 0 bridgehead atoms. The van der Waals surface area contributed by atoms with Crippen molar-refractivity contribution in [2.24, 2.45) is 17.6 Å². The van der Waals surface area contributed by atoms with E-state index in [2.05, 4.69) is 10.0 Å². The van der Waals surface area contributed by atoms with Crippen LogP contribution in [-0.4, -0.2) is 77.7 Å². The highest BCUT2D eigenvalue weighted by molar-refractivity contribution is 7.90. The highest BCUT2D eigenvalue weighted by Gasteiger charge is 2.45. The summed E-state index contributed by atoms with van der Waals surface area (Å²) in [7, 11) is -3.55. The first kappa shape index (κ1) is 41.8. The number of aryl methyl sites for hydroxylation is 2. The van der Waals surface area contributed by atoms with Crippen molar-refractivity contribution in [3.8, 4) is 17.2 Å². The number of fused-ring (bicyclic) bond motifs is 3. The van der Waals surface area contributed by atoms with Gasteiger partial charge in [0.1, 0.15) is 46.3 Å². The molecule has 4 N–H and O–H groups in total. The lowest BCUT2D eigenvalue weighted by Crippen LogP contribution is -2.53. The lowest BCUT2D eigenvalue weighted by molar-refractivity contribution is -0.139. The van der Waals surface area contributed by atoms with Gasteiger partial charge in [-0.05, 0) is 103 Å². The van der Waals surface area contributed by atoms with Gasteiger partial charge in [-0.15, -0.1) is 0 Å². The van der Waals surface area contributed by atoms with Gasteiger partial charge in [-0.2, -0.15) is 0 Å². The fraction of sp³-hybridized carbons (Fsp3) is 0.512. The van der Waals surface area contributed by atoms with Crippen LogP contribution in [0.2, 0.25) is 0 Å². The first-order valence-electron chi connectivity index (χ1n) is 20.3. The number of furan rings is 2. The fourth-order valence-electron chi connectivity index (χ4n) is 7.51. The zero-order valence-corrected chi connectivity index (χ0v) is 34.9. The van der Waals surface area contributed by atoms with Crippen molar-refractivity contribution in [2.45, 2.75) is 121 Å². The van der Waals surface area contributed by atoms with Crippen LogP contribution in [0, 0.1) is 25.7 Å². The van der Waals surface area contributed by atoms with Crippen LogP contribution >= 0.6 is 0 Å². The molecule has 3 aliphatic rings. The van der Waals surface area contributed by atoms with Gasteiger partial charge in [0, 0.05) is 23.8 Å². The maximum atomic E-state index is 14.3. The van der Waals surface area contributed by atoms with Gasteiger partial charge in [-0.1, -0.05) is 37.1 Å². The Morgan fingerprint density at radius 3 is 2.51 bits per heavy atom. The molecule has 0 unspecified atom stereocenters. The number of amides is 4. The predicted octanol–water partition coefficient (Wildman–Crippen LogP) is 6.34. The van der Waals surface area contributed by atoms with E-state index in [4.69, 9.17) is 29.0 Å². The van der Waals surface area contributed by atoms with Crippen molar-refractivity contribution >= 4 is 55.9 Å². The second-order valence-electron chi connectivity index (χ2n) is 17.0. The molecule has 1 aromatic carbocycles. The number of primary amides is 1. The number of carbonyl (C=O) groups is 4. The quantitative estimate of drug-likeness (QED) is 0.0838. The lowest BCUT2D eigenvalue weighted by atomic mass is 10.0. The molecule has 316 valence electrons. The second kappa shape index (κ2) is 16.7. The highest BCUT2D eigenvalue weighted by atomic mass is 32.2. The Balaban J connectivity index is 1.01. The number of aromatic nitrogens is 1. The zero-order chi connectivity index (χ0) is 42.2. The van der Waals surface area contributed by atoms with Crippen LogP contribution in [0.5, 0.6) is 5.75 Å². The van der Waals surface area contributed by atoms with Gasteiger partial charge >= 0.3 is 6.09 Å². The molecule has 4 amide bonds. The summed E-state index contributed by atoms with van der Waals surface area (Å²) in [5.41, 5.74) is 8.19. The number of pyridine rings is 1. The van der Waals surface area contributed by atoms with E-state index in [1.165, 1.54) is 4.90 Å². The topological polar surface area (TPSA) is 213 Å². The number of rotatable bonds is 16. The molecule has 1 saturated heterocycles. The Hall–Kier alpha value is -5.38. The van der Waals surface area contributed by atoms with Gasteiger partial charge in [-0.25, -0.2) is 18.2 Å². The van der Waals surface area contributed by atoms with Gasteiger partial charge < -0.3 is 34.3 Å². The number of allylic oxidation sites excluding steroid dienone is 2. The van der Waals surface area contributed by atoms with Gasteiger partial charge in [0.15, 0.2) is 17.1 Å². The van der Waals surface area contributed by atoms with Crippen LogP contribution in [-0.2, 0) is 29.1 Å². The van der Waals surface area contributed by atoms with E-state index >= 15 is 0 Å². The number of nitrogens with zero attached hydrogens (tertiary/aromatic N) is 2. The number of carbonyl (C=O) groups excluding carboxylic acids is 4. The third-order valence-electron chi connectivity index (χ3n) is 11.0. The van der Waals surface area contributed by atoms with Crippen LogP contribution in [0.15, 0.2) is 57.4 Å². The number of benzene rings is 1. The number of ether oxygens (including phenoxy) is 2. The van der Waals surface area contributed by atoms with E-state index in [0.717, 1.165) is 36.0 Å². The van der Waals surface area contributed by atoms with Crippen molar-refractivity contribution in [2.75, 3.05) is 6.54 Å². The highest BCUT2D eigenvalue weighted by Crippen LogP contribution is 2.41. The van der Waals surface area contributed by atoms with Crippen LogP contribution < -0.4 is 20.5 Å². The average molecular weight is 832 g/mol. The number of alkyl carbamates (subject to hydrolysis) is 1. The molecule has 3 aromatic heterocycles. The summed E-state index contributed by atoms with van der Waals surface area (Å²) in [5.74, 6) is -0.218. The Morgan fingerprint density at radius 2 is 1.81 bits per heavy atom. The molecule has 2 saturated carbocycles. The van der Waals surface area contributed by atoms with Crippen LogP contribution in [0.1, 0.15) is 89.9 Å². The smallest absolute Gasteiger partial charge is 0.408 e. The minimum atomic E-state index is -3.55. The van der Waals surface area contributed by atoms with Crippen molar-refractivity contribution < 1.29 is 45.9 Å². The molecular formula is C43H53N5O10S. The molecule has 5 atom stereocenters. The second-order valence-corrected chi connectivity index (χ2v) is 19.0. The van der Waals surface area contributed by atoms with Crippen molar-refractivity contribution in [1.29, 1.82) is 0 Å². The van der Waals surface area contributed by atoms with Gasteiger partial charge in [0.05, 0.1) is 11.8 Å². The van der Waals surface area contributed by atoms with Crippen LogP contribution in [0.4, 0.5) is 4.79 Å². The van der Waals surface area contributed by atoms with Crippen LogP contribution in [0.3, 0.4) is 0 Å². The zero-order valence-electron chi connectivity index (χ0n) is 34.1. The number of likely N-dealkylation sites (tertiary alicyclic amines) is 1. The Morgan fingerprint density at radius 1 is 1.05 bits per heavy atom. The molecular weight excluding hydrogens is 779 g/mol. The Kier molecular flexibility index (Phi) is 11.8. The molecule has 0 spiro atoms. The monoisotopic (exact) mass is 831 g/mol. The van der Waals surface area contributed by atoms with Crippen LogP contribution in [0.25, 0.3) is 33.5 Å². The number of hydrogen-bond donors (Lipinski definition) is 3. The van der Waals surface area contributed by atoms with E-state index in [1.807, 2.05) is 56.3 Å². The molecule has 16 heteroatoms. The normalized spacial score (nSPS) is 21.2. The van der Waals surface area contributed by atoms with E-state index in [-0.39, 0.29) is 31.2 Å². The minimum Gasteiger partial charge on any atom is -0.484 e. The molecule has 4 aromatic rings. The largest absolute Gasteiger partial charge is 0.484 e. The van der Waals surface area contributed by atoms with Gasteiger partial charge in [0.2, 0.25) is 27.7 Å². The number of para-hydroxylation sites is 1. The number of nitrogens with two attached hydrogens (primary N) is 1. The van der Waals surface area contributed by atoms with Gasteiger partial charge in [-0.3, -0.25) is 19.1 Å². The summed E-state index contributed by atoms with van der Waals surface area (Å²) < 4.78 is 50.7. The number of sulfonamides is 1. The summed E-state index contributed by atoms with van der Waals surface area (Å²) in [4.78, 5) is 58.8. The van der Waals surface area contributed by atoms with E-state index in [1.54, 1.807) is 26.8 Å². The minimum absolute atomic E-state index is 0.0193. The standard InChI is InChI=1S/C43H53N5O10S/c1-24-19-35(55-25(24)2)32-22-36(38-37(45-32)29-14-11-12-16-34(29)57-38)56-27-21-33(39(44)49)48(23-27)41(51)31(46-42(52)58-43(3,4)5)15-10-8-6-7-9-13-26-20-30(26)40(50)47-59(53,54)28-17-18-28/h9,11-14,16,19,22,26-28,30-31,33H,6-8,10,15,17-18,20-21,23H2,1-5H3,(H2,44,49)(H,46,52)(H,47,50)/b13-9-/t26-,27-,30+,31+,33+/m1/s1. The molecule has 15 nitrogen and oxygen atoms in total. The number of hydrogen-bond acceptors (Lipinski definition) is 11. The maximum Gasteiger partial charge on any atom is 0.408 e. The predicted molar refractivity (Wildman–Crippen MR) is 219 cm³/mol. The summed E-state index contributed by atoms with van der Waals surface area (Å²) in [6.45, 7) is 9.04. The molecule has 0 radical (unpaired) electrons. The average Bonchev–Trinajstić information content (AvgIpc) is 4.06. The van der Waals surface area contributed by atoms with Crippen molar-refractivity contribution in [3.63, 3.8) is 0 Å². The Labute approximate surface area is 343 Å². The molecule has 2 aliphatic carbocycles. The lowest BCUT2D eigenvalue weighted by Gasteiger charge is -2.28. The first-order chi connectivity index (χ1) is 28.0. The van der Waals surface area contributed by atoms with Crippen molar-refractivity contribution in [1.82, 2.24) is 19.9 Å². The van der Waals surface area contributed by atoms with Crippen molar-refractivity contribution in [3.05, 3.63) is 59.9 Å². The summed E-state index contributed by atoms with van der Waals surface area (Å²) in [6.07, 6.45) is 7.59. The molecule has 59 heavy (non-hydrogen) atoms. The molecule has 7 rings (SSSR count). The third kappa shape index (κ3) is 9.91. The molecule has 1 aliphatic heterocycles. The van der Waals surface area contributed by atoms with E-state index in [0.29, 0.717) is 59.6 Å². The Bertz CT molecular complexity index is 2370. The van der Waals surface area contributed by atoms with E-state index in [9.17, 15) is 27.6 Å². The fourth-order valence-corrected chi connectivity index (χ4v) is 8.87. The summed E-state index contributed by atoms with van der Waals surface area (Å²) >= 11 is 0. The first-order valence-corrected chi connectivity index (χ1v) is 21.9.